The van der Waals surface area contributed by atoms with Crippen molar-refractivity contribution in [3.8, 4) is 22.5 Å². The quantitative estimate of drug-likeness (QED) is 0.0141. The molecule has 0 saturated carbocycles. The predicted molar refractivity (Wildman–Crippen MR) is 285 cm³/mol. The van der Waals surface area contributed by atoms with Gasteiger partial charge in [0, 0.05) is 72.1 Å². The summed E-state index contributed by atoms with van der Waals surface area (Å²) < 4.78 is 147. The number of phosphoric ester groups is 2. The Balaban J connectivity index is 0.872. The number of hydrogen-bond acceptors (Lipinski definition) is 24. The molecule has 2 saturated heterocycles. The standard InChI is InChI=1S/C48H55N7O25P2S2/c1-23-19-54(47(61)52-43(23)56)36-17-32(73-3)34(77-36)21-76-82(65,66)80-33-18-37(55-20-24(2)44(57)53-48(55)62)78-35(33)22-75-81(63,64)74-15-7-5-4-6-14-51-45(58)25-8-9-26(46(59)60)29(16-25)38-27-10-12-30(49)41(83(67,68)69)39(27)79-40-28(38)11-13-31(50)42(40)84(70,71)72/h8-13,16,19-20,32-37,49H,4-7,14-15,17-18,21-22,50H2,1-3H3,(H,51,58)(H,59,60)(H,63,64)(H,65,66)(H,52,56,61)(H,53,57,62)(H,67,68,69)(H,70,71,72)/p-2/t32-,33-,34-,35-,36-,37-/m1/s1. The molecule has 2 fully saturated rings. The maximum Gasteiger partial charge on any atom is 0.472 e. The zero-order chi connectivity index (χ0) is 61.4. The summed E-state index contributed by atoms with van der Waals surface area (Å²) in [6, 6.07) is 7.41. The van der Waals surface area contributed by atoms with Gasteiger partial charge < -0.3 is 53.7 Å². The number of anilines is 1. The minimum atomic E-state index is -5.56. The number of nitrogens with zero attached hydrogens (tertiary/aromatic N) is 2. The Hall–Kier alpha value is -6.85. The van der Waals surface area contributed by atoms with Crippen molar-refractivity contribution < 1.29 is 96.3 Å². The SMILES string of the molecule is CO[C@@H]1C[C@H](n2cc(C)c(=O)[nH]c2=O)O[C@@H]1COP(=O)(O)O[C@@H]1C[C@H](n2cc(C)c(=O)[nH]c2=O)O[C@@H]1COP(=O)(O)OCCCCCCNC(=O)c1ccc(C(=O)O)c(-c2c3ccc(=N)c(S(=O)(=O)[O-])c-3oc3c(S(=O)(=O)[O-])c(N)ccc23)c1. The van der Waals surface area contributed by atoms with Crippen molar-refractivity contribution in [3.05, 3.63) is 124 Å². The van der Waals surface area contributed by atoms with Crippen molar-refractivity contribution in [1.82, 2.24) is 24.4 Å². The topological polar surface area (TPSA) is 493 Å². The molecular formula is C48H53N7O25P2S2-2. The number of amides is 1. The molecule has 3 aliphatic heterocycles. The van der Waals surface area contributed by atoms with Crippen molar-refractivity contribution in [2.45, 2.75) is 99.0 Å². The molecule has 84 heavy (non-hydrogen) atoms. The lowest BCUT2D eigenvalue weighted by molar-refractivity contribution is -0.0618. The molecule has 454 valence electrons. The number of methoxy groups -OCH3 is 1. The molecular weight excluding hydrogens is 1200 g/mol. The van der Waals surface area contributed by atoms with Gasteiger partial charge in [-0.2, -0.15) is 0 Å². The van der Waals surface area contributed by atoms with E-state index in [1.54, 1.807) is 0 Å². The van der Waals surface area contributed by atoms with E-state index in [4.69, 9.17) is 47.9 Å². The third kappa shape index (κ3) is 14.1. The number of aromatic carboxylic acids is 1. The third-order valence-electron chi connectivity index (χ3n) is 13.5. The average molecular weight is 1250 g/mol. The van der Waals surface area contributed by atoms with E-state index in [0.29, 0.717) is 19.3 Å². The molecule has 36 heteroatoms. The van der Waals surface area contributed by atoms with Crippen LogP contribution in [0.3, 0.4) is 0 Å². The van der Waals surface area contributed by atoms with E-state index in [0.717, 1.165) is 51.6 Å². The van der Waals surface area contributed by atoms with Gasteiger partial charge in [-0.3, -0.25) is 57.0 Å². The summed E-state index contributed by atoms with van der Waals surface area (Å²) in [6.45, 7) is 1.14. The summed E-state index contributed by atoms with van der Waals surface area (Å²) in [5.41, 5.74) is 0.0387. The molecule has 2 aromatic carbocycles. The van der Waals surface area contributed by atoms with Gasteiger partial charge in [0.15, 0.2) is 11.3 Å². The first-order valence-electron chi connectivity index (χ1n) is 25.1. The van der Waals surface area contributed by atoms with Crippen LogP contribution in [0.25, 0.3) is 33.4 Å². The van der Waals surface area contributed by atoms with Crippen LogP contribution in [0.1, 0.15) is 82.8 Å². The lowest BCUT2D eigenvalue weighted by atomic mass is 9.89. The van der Waals surface area contributed by atoms with Crippen LogP contribution in [0, 0.1) is 19.3 Å². The Bertz CT molecular complexity index is 4180. The number of fused-ring (bicyclic) bond motifs is 2. The maximum absolute atomic E-state index is 13.5. The number of hydrogen-bond donors (Lipinski definition) is 8. The van der Waals surface area contributed by atoms with Crippen LogP contribution < -0.4 is 38.9 Å². The molecule has 2 aromatic heterocycles. The predicted octanol–water partition coefficient (Wildman–Crippen LogP) is 2.01. The number of rotatable bonds is 24. The van der Waals surface area contributed by atoms with Crippen molar-refractivity contribution >= 4 is 64.4 Å². The van der Waals surface area contributed by atoms with Crippen LogP contribution in [0.2, 0.25) is 0 Å². The second-order valence-electron chi connectivity index (χ2n) is 19.3. The summed E-state index contributed by atoms with van der Waals surface area (Å²) in [4.78, 5) is 98.9. The zero-order valence-corrected chi connectivity index (χ0v) is 47.7. The fourth-order valence-electron chi connectivity index (χ4n) is 9.50. The summed E-state index contributed by atoms with van der Waals surface area (Å²) in [6.07, 6.45) is -3.53. The Labute approximate surface area is 473 Å². The number of carboxylic acid groups (broad SMARTS) is 1. The number of aromatic amines is 2. The van der Waals surface area contributed by atoms with E-state index in [9.17, 15) is 78.7 Å². The Kier molecular flexibility index (Phi) is 18.8. The van der Waals surface area contributed by atoms with Crippen molar-refractivity contribution in [1.29, 1.82) is 5.41 Å². The molecule has 4 aromatic rings. The lowest BCUT2D eigenvalue weighted by Crippen LogP contribution is -2.33. The summed E-state index contributed by atoms with van der Waals surface area (Å²) in [7, 11) is -19.7. The number of benzene rings is 3. The number of ether oxygens (including phenoxy) is 3. The van der Waals surface area contributed by atoms with Gasteiger partial charge in [-0.05, 0) is 74.7 Å². The van der Waals surface area contributed by atoms with Gasteiger partial charge in [0.05, 0.1) is 42.5 Å². The number of carboxylic acids is 1. The molecule has 5 heterocycles. The number of carbonyl (C=O) groups is 2. The van der Waals surface area contributed by atoms with Gasteiger partial charge in [0.2, 0.25) is 0 Å². The number of nitrogens with two attached hydrogens (primary N) is 1. The van der Waals surface area contributed by atoms with E-state index in [-0.39, 0.29) is 71.2 Å². The summed E-state index contributed by atoms with van der Waals surface area (Å²) in [5.74, 6) is -3.22. The minimum absolute atomic E-state index is 0.0273. The highest BCUT2D eigenvalue weighted by Crippen LogP contribution is 2.51. The fourth-order valence-corrected chi connectivity index (χ4v) is 12.7. The van der Waals surface area contributed by atoms with Crippen LogP contribution in [0.4, 0.5) is 5.69 Å². The molecule has 8 rings (SSSR count). The van der Waals surface area contributed by atoms with E-state index in [1.165, 1.54) is 33.4 Å². The first-order chi connectivity index (χ1) is 39.4. The van der Waals surface area contributed by atoms with Crippen molar-refractivity contribution in [2.24, 2.45) is 0 Å². The number of aromatic nitrogens is 4. The van der Waals surface area contributed by atoms with E-state index >= 15 is 0 Å². The number of phosphoric acid groups is 2. The second-order valence-corrected chi connectivity index (χ2v) is 24.8. The molecule has 0 bridgehead atoms. The van der Waals surface area contributed by atoms with Gasteiger partial charge in [-0.25, -0.2) is 40.3 Å². The van der Waals surface area contributed by atoms with Crippen LogP contribution in [0.5, 0.6) is 0 Å². The highest BCUT2D eigenvalue weighted by Gasteiger charge is 2.45. The molecule has 1 aliphatic carbocycles. The number of nitrogen functional groups attached to an aromatic ring is 1. The number of carbonyl (C=O) groups excluding carboxylic acids is 1. The molecule has 0 radical (unpaired) electrons. The van der Waals surface area contributed by atoms with Crippen LogP contribution in [-0.2, 0) is 61.7 Å². The first-order valence-corrected chi connectivity index (χ1v) is 30.9. The van der Waals surface area contributed by atoms with Gasteiger partial charge in [0.25, 0.3) is 17.0 Å². The highest BCUT2D eigenvalue weighted by atomic mass is 32.2. The Morgan fingerprint density at radius 3 is 1.94 bits per heavy atom. The van der Waals surface area contributed by atoms with Crippen LogP contribution in [0.15, 0.2) is 88.2 Å². The third-order valence-corrected chi connectivity index (χ3v) is 17.4. The maximum atomic E-state index is 13.5. The van der Waals surface area contributed by atoms with E-state index in [1.807, 2.05) is 0 Å². The summed E-state index contributed by atoms with van der Waals surface area (Å²) >= 11 is 0. The smallest absolute Gasteiger partial charge is 0.472 e. The molecule has 1 amide bonds. The molecule has 4 aliphatic rings. The molecule has 8 atom stereocenters. The number of aryl methyl sites for hydroxylation is 2. The van der Waals surface area contributed by atoms with Gasteiger partial charge in [0.1, 0.15) is 60.8 Å². The molecule has 32 nitrogen and oxygen atoms in total. The average Bonchev–Trinajstić information content (AvgIpc) is 1.23. The molecule has 0 spiro atoms. The fraction of sp³-hybridized carbons (Fsp3) is 0.396. The largest absolute Gasteiger partial charge is 0.744 e. The van der Waals surface area contributed by atoms with Gasteiger partial charge in [-0.15, -0.1) is 0 Å². The van der Waals surface area contributed by atoms with Crippen molar-refractivity contribution in [3.63, 3.8) is 0 Å². The van der Waals surface area contributed by atoms with Crippen molar-refractivity contribution in [2.75, 3.05) is 39.2 Å². The monoisotopic (exact) mass is 1250 g/mol. The first kappa shape index (κ1) is 63.2. The Morgan fingerprint density at radius 1 is 0.786 bits per heavy atom. The normalized spacial score (nSPS) is 20.7. The minimum Gasteiger partial charge on any atom is -0.744 e. The Morgan fingerprint density at radius 2 is 1.36 bits per heavy atom. The summed E-state index contributed by atoms with van der Waals surface area (Å²) in [5, 5.41) is 19.9. The van der Waals surface area contributed by atoms with Crippen LogP contribution in [-0.4, -0.2) is 130 Å². The number of H-pyrrole nitrogens is 2. The van der Waals surface area contributed by atoms with E-state index in [2.05, 4.69) is 15.3 Å². The lowest BCUT2D eigenvalue weighted by Gasteiger charge is -2.23. The zero-order valence-electron chi connectivity index (χ0n) is 44.2. The van der Waals surface area contributed by atoms with Gasteiger partial charge in [-0.1, -0.05) is 12.8 Å². The number of unbranched alkanes of at least 4 members (excludes halogenated alkanes) is 3. The second kappa shape index (κ2) is 25.0. The van der Waals surface area contributed by atoms with Gasteiger partial charge >= 0.3 is 33.0 Å². The van der Waals surface area contributed by atoms with Crippen LogP contribution >= 0.6 is 15.6 Å². The van der Waals surface area contributed by atoms with E-state index < -0.39 is 158 Å². The molecule has 2 unspecified atom stereocenters. The molecule has 9 N–H and O–H groups in total. The number of nitrogens with one attached hydrogen (secondary N) is 4. The highest BCUT2D eigenvalue weighted by molar-refractivity contribution is 7.86.